The normalized spacial score (nSPS) is 12.3. The fraction of sp³-hybridized carbons (Fsp3) is 0.175. The Morgan fingerprint density at radius 1 is 0.420 bits per heavy atom. The van der Waals surface area contributed by atoms with Crippen molar-refractivity contribution >= 4 is 59.3 Å². The molecule has 16 nitrogen and oxygen atoms in total. The lowest BCUT2D eigenvalue weighted by Gasteiger charge is -2.21. The first-order chi connectivity index (χ1) is 38.7. The van der Waals surface area contributed by atoms with Crippen LogP contribution in [-0.2, 0) is 14.1 Å². The molecular formula is C63H64I2N12O4. The third-order valence-corrected chi connectivity index (χ3v) is 12.7. The van der Waals surface area contributed by atoms with Crippen molar-refractivity contribution in [3.05, 3.63) is 252 Å². The summed E-state index contributed by atoms with van der Waals surface area (Å²) in [7, 11) is 3.97. The van der Waals surface area contributed by atoms with Crippen molar-refractivity contribution in [2.24, 2.45) is 35.1 Å². The van der Waals surface area contributed by atoms with Gasteiger partial charge in [-0.3, -0.25) is 49.0 Å². The third-order valence-electron chi connectivity index (χ3n) is 12.7. The zero-order valence-corrected chi connectivity index (χ0v) is 49.5. The molecule has 0 fully saturated rings. The number of para-hydroxylation sites is 3. The Labute approximate surface area is 507 Å². The number of fused-ring (bicyclic) bond motifs is 2. The minimum Gasteiger partial charge on any atom is -1.00 e. The van der Waals surface area contributed by atoms with Crippen molar-refractivity contribution < 1.29 is 76.3 Å². The molecule has 5 heterocycles. The highest BCUT2D eigenvalue weighted by Gasteiger charge is 2.35. The quantitative estimate of drug-likeness (QED) is 0.0397. The molecule has 0 spiro atoms. The van der Waals surface area contributed by atoms with Gasteiger partial charge in [-0.05, 0) is 104 Å². The number of imide groups is 2. The van der Waals surface area contributed by atoms with Gasteiger partial charge in [0.05, 0.1) is 58.0 Å². The number of carbonyl (C=O) groups is 4. The maximum Gasteiger partial charge on any atom is 0.261 e. The van der Waals surface area contributed by atoms with E-state index in [1.54, 1.807) is 67.1 Å². The Kier molecular flexibility index (Phi) is 24.5. The van der Waals surface area contributed by atoms with Crippen molar-refractivity contribution in [3.8, 4) is 0 Å². The van der Waals surface area contributed by atoms with Crippen LogP contribution in [-0.4, -0.2) is 96.3 Å². The SMILES string of the molecule is C[n+]1ccc(/C=N/N(CCCN)c2ccccc2)cc1.C[n+]1ccc(/C=N/N(CCCN2C(=O)c3ccccc3C2=O)c2ccccc2)cc1.O=C1c2ccccc2C(=O)N1CCCN(/N=C/c1ccncc1)c1ccccc1.[I-].[I-]. The number of carbonyl (C=O) groups excluding carboxylic acids is 4. The van der Waals surface area contributed by atoms with Gasteiger partial charge in [-0.2, -0.15) is 15.3 Å². The fourth-order valence-electron chi connectivity index (χ4n) is 8.50. The Morgan fingerprint density at radius 3 is 1.01 bits per heavy atom. The topological polar surface area (TPSA) is 168 Å². The smallest absolute Gasteiger partial charge is 0.261 e. The number of halogens is 2. The summed E-state index contributed by atoms with van der Waals surface area (Å²) in [6, 6.07) is 55.6. The van der Waals surface area contributed by atoms with Gasteiger partial charge in [-0.1, -0.05) is 78.9 Å². The maximum absolute atomic E-state index is 12.6. The van der Waals surface area contributed by atoms with Crippen molar-refractivity contribution in [1.29, 1.82) is 0 Å². The molecule has 0 saturated carbocycles. The van der Waals surface area contributed by atoms with Gasteiger partial charge >= 0.3 is 0 Å². The molecule has 4 amide bonds. The summed E-state index contributed by atoms with van der Waals surface area (Å²) in [5, 5.41) is 19.6. The predicted molar refractivity (Wildman–Crippen MR) is 310 cm³/mol. The van der Waals surface area contributed by atoms with Gasteiger partial charge in [-0.25, -0.2) is 9.13 Å². The minimum atomic E-state index is -0.225. The van der Waals surface area contributed by atoms with E-state index in [9.17, 15) is 19.2 Å². The third kappa shape index (κ3) is 17.6. The molecule has 0 radical (unpaired) electrons. The van der Waals surface area contributed by atoms with E-state index >= 15 is 0 Å². The number of nitrogens with two attached hydrogens (primary N) is 1. The van der Waals surface area contributed by atoms with E-state index in [4.69, 9.17) is 5.73 Å². The number of aryl methyl sites for hydroxylation is 2. The Hall–Kier alpha value is -8.34. The molecule has 2 N–H and O–H groups in total. The predicted octanol–water partition coefficient (Wildman–Crippen LogP) is 2.35. The number of hydrazone groups is 3. The summed E-state index contributed by atoms with van der Waals surface area (Å²) >= 11 is 0. The number of rotatable bonds is 20. The fourth-order valence-corrected chi connectivity index (χ4v) is 8.50. The van der Waals surface area contributed by atoms with Crippen LogP contribution in [0.2, 0.25) is 0 Å². The first kappa shape index (κ1) is 61.9. The highest BCUT2D eigenvalue weighted by molar-refractivity contribution is 6.22. The summed E-state index contributed by atoms with van der Waals surface area (Å²) in [5.74, 6) is -0.890. The van der Waals surface area contributed by atoms with Gasteiger partial charge < -0.3 is 53.7 Å². The van der Waals surface area contributed by atoms with E-state index < -0.39 is 0 Å². The number of nitrogens with zero attached hydrogens (tertiary/aromatic N) is 11. The van der Waals surface area contributed by atoms with E-state index in [-0.39, 0.29) is 71.6 Å². The lowest BCUT2D eigenvalue weighted by atomic mass is 10.1. The average Bonchev–Trinajstić information content (AvgIpc) is 3.91. The average molecular weight is 1310 g/mol. The molecule has 414 valence electrons. The maximum atomic E-state index is 12.6. The molecule has 3 aromatic heterocycles. The van der Waals surface area contributed by atoms with Crippen LogP contribution in [0.25, 0.3) is 0 Å². The molecule has 10 rings (SSSR count). The van der Waals surface area contributed by atoms with E-state index in [1.807, 2.05) is 191 Å². The van der Waals surface area contributed by atoms with Gasteiger partial charge in [-0.15, -0.1) is 0 Å². The second kappa shape index (κ2) is 32.0. The molecule has 2 aliphatic rings. The van der Waals surface area contributed by atoms with Crippen LogP contribution < -0.4 is 77.8 Å². The highest BCUT2D eigenvalue weighted by Crippen LogP contribution is 2.25. The molecule has 18 heteroatoms. The molecule has 0 saturated heterocycles. The van der Waals surface area contributed by atoms with E-state index in [0.29, 0.717) is 67.8 Å². The summed E-state index contributed by atoms with van der Waals surface area (Å²) in [5.41, 5.74) is 13.5. The van der Waals surface area contributed by atoms with Crippen molar-refractivity contribution in [1.82, 2.24) is 14.8 Å². The molecule has 0 aliphatic carbocycles. The Balaban J connectivity index is 0.000000197. The number of anilines is 3. The number of pyridine rings is 3. The second-order valence-electron chi connectivity index (χ2n) is 18.4. The van der Waals surface area contributed by atoms with E-state index in [0.717, 1.165) is 46.7 Å². The first-order valence-corrected chi connectivity index (χ1v) is 26.2. The molecule has 81 heavy (non-hydrogen) atoms. The van der Waals surface area contributed by atoms with Crippen LogP contribution in [0.3, 0.4) is 0 Å². The van der Waals surface area contributed by atoms with Crippen LogP contribution in [0.15, 0.2) is 228 Å². The van der Waals surface area contributed by atoms with Crippen LogP contribution in [0.1, 0.15) is 77.4 Å². The Bertz CT molecular complexity index is 3290. The van der Waals surface area contributed by atoms with Gasteiger partial charge in [0, 0.05) is 80.5 Å². The zero-order chi connectivity index (χ0) is 55.2. The van der Waals surface area contributed by atoms with Crippen molar-refractivity contribution in [2.45, 2.75) is 19.3 Å². The molecule has 0 atom stereocenters. The van der Waals surface area contributed by atoms with Crippen molar-refractivity contribution in [3.63, 3.8) is 0 Å². The summed E-state index contributed by atoms with van der Waals surface area (Å²) in [6.07, 6.45) is 19.0. The second-order valence-corrected chi connectivity index (χ2v) is 18.4. The molecule has 5 aromatic carbocycles. The van der Waals surface area contributed by atoms with Crippen LogP contribution >= 0.6 is 0 Å². The summed E-state index contributed by atoms with van der Waals surface area (Å²) in [4.78, 5) is 56.8. The lowest BCUT2D eigenvalue weighted by Crippen LogP contribution is -3.00. The summed E-state index contributed by atoms with van der Waals surface area (Å²) < 4.78 is 3.97. The van der Waals surface area contributed by atoms with E-state index in [1.165, 1.54) is 9.80 Å². The number of hydrogen-bond acceptors (Lipinski definition) is 12. The number of benzene rings is 5. The van der Waals surface area contributed by atoms with Crippen LogP contribution in [0, 0.1) is 0 Å². The Morgan fingerprint density at radius 2 is 0.704 bits per heavy atom. The summed E-state index contributed by atoms with van der Waals surface area (Å²) in [6.45, 7) is 3.33. The zero-order valence-electron chi connectivity index (χ0n) is 45.2. The van der Waals surface area contributed by atoms with Gasteiger partial charge in [0.25, 0.3) is 23.6 Å². The van der Waals surface area contributed by atoms with E-state index in [2.05, 4.69) is 32.4 Å². The first-order valence-electron chi connectivity index (χ1n) is 26.2. The van der Waals surface area contributed by atoms with Crippen molar-refractivity contribution in [2.75, 3.05) is 54.3 Å². The molecule has 0 bridgehead atoms. The number of amides is 4. The monoisotopic (exact) mass is 1310 g/mol. The van der Waals surface area contributed by atoms with Crippen LogP contribution in [0.4, 0.5) is 17.1 Å². The lowest BCUT2D eigenvalue weighted by molar-refractivity contribution is -0.671. The van der Waals surface area contributed by atoms with Gasteiger partial charge in [0.1, 0.15) is 14.1 Å². The standard InChI is InChI=1S/C24H23N4O2.C23H20N4O2.C16H21N4.2HI/c1-26-16-12-19(13-17-26)18-25-28(20-8-3-2-4-9-20)15-7-14-27-23(29)21-10-5-6-11-22(21)24(27)30;28-22-20-9-4-5-10-21(20)23(29)26(22)15-6-16-27(19-7-2-1-3-8-19)25-17-18-11-13-24-14-12-18;1-19-12-8-15(9-13-19)14-18-20(11-5-10-17)16-6-3-2-4-7-16;;/h2-6,8-13,16-18H,7,14-15H2,1H3;1-5,7-14,17H,6,15-16H2;2-4,6-9,12-14H,5,10-11,17H2,1H3;2*1H/q+1;;+1;;/p-2/b;25-17+;;;. The van der Waals surface area contributed by atoms with Gasteiger partial charge in [0.2, 0.25) is 0 Å². The molecule has 0 unspecified atom stereocenters. The molecule has 2 aliphatic heterocycles. The number of hydrogen-bond donors (Lipinski definition) is 1. The largest absolute Gasteiger partial charge is 1.00 e. The van der Waals surface area contributed by atoms with Gasteiger partial charge in [0.15, 0.2) is 24.8 Å². The molecular weight excluding hydrogens is 1240 g/mol. The minimum absolute atomic E-state index is 0. The number of aromatic nitrogens is 3. The van der Waals surface area contributed by atoms with Crippen LogP contribution in [0.5, 0.6) is 0 Å². The highest BCUT2D eigenvalue weighted by atomic mass is 127. The molecule has 8 aromatic rings.